The molecule has 22 heavy (non-hydrogen) atoms. The third kappa shape index (κ3) is 3.08. The van der Waals surface area contributed by atoms with Crippen LogP contribution in [0.1, 0.15) is 36.8 Å². The lowest BCUT2D eigenvalue weighted by Gasteiger charge is -2.25. The van der Waals surface area contributed by atoms with Crippen molar-refractivity contribution in [3.8, 4) is 0 Å². The second-order valence-corrected chi connectivity index (χ2v) is 5.36. The van der Waals surface area contributed by atoms with Gasteiger partial charge in [-0.15, -0.1) is 0 Å². The Hall–Kier alpha value is -2.05. The maximum Gasteiger partial charge on any atom is 0.416 e. The summed E-state index contributed by atoms with van der Waals surface area (Å²) in [6, 6.07) is 4.46. The van der Waals surface area contributed by atoms with Gasteiger partial charge in [0.25, 0.3) is 0 Å². The van der Waals surface area contributed by atoms with Crippen LogP contribution in [0, 0.1) is 0 Å². The molecule has 0 aromatic heterocycles. The molecular formula is C15H17F3N2O2. The molecule has 1 saturated heterocycles. The van der Waals surface area contributed by atoms with Crippen LogP contribution in [0.15, 0.2) is 24.3 Å². The van der Waals surface area contributed by atoms with Crippen molar-refractivity contribution in [2.45, 2.75) is 37.9 Å². The number of nitrogens with two attached hydrogens (primary N) is 1. The van der Waals surface area contributed by atoms with E-state index in [1.165, 1.54) is 23.1 Å². The lowest BCUT2D eigenvalue weighted by Crippen LogP contribution is -2.45. The standard InChI is InChI=1S/C15H17F3N2O2/c1-2-12(14(19)22)20-8-9(7-13(20)21)10-5-3-4-6-11(10)15(16,17)18/h3-6,9,12H,2,7-8H2,1H3,(H2,19,22). The van der Waals surface area contributed by atoms with Crippen LogP contribution in [0.2, 0.25) is 0 Å². The van der Waals surface area contributed by atoms with E-state index in [1.807, 2.05) is 0 Å². The molecule has 0 aliphatic carbocycles. The molecule has 7 heteroatoms. The molecule has 2 atom stereocenters. The maximum absolute atomic E-state index is 13.1. The van der Waals surface area contributed by atoms with Crippen molar-refractivity contribution in [3.05, 3.63) is 35.4 Å². The first-order valence-electron chi connectivity index (χ1n) is 7.00. The Morgan fingerprint density at radius 1 is 1.41 bits per heavy atom. The van der Waals surface area contributed by atoms with E-state index in [9.17, 15) is 22.8 Å². The third-order valence-electron chi connectivity index (χ3n) is 3.96. The van der Waals surface area contributed by atoms with E-state index in [0.29, 0.717) is 6.42 Å². The van der Waals surface area contributed by atoms with Gasteiger partial charge in [-0.25, -0.2) is 0 Å². The number of carbonyl (C=O) groups excluding carboxylic acids is 2. The monoisotopic (exact) mass is 314 g/mol. The Labute approximate surface area is 126 Å². The quantitative estimate of drug-likeness (QED) is 0.927. The second-order valence-electron chi connectivity index (χ2n) is 5.36. The minimum atomic E-state index is -4.47. The Morgan fingerprint density at radius 3 is 2.59 bits per heavy atom. The highest BCUT2D eigenvalue weighted by Gasteiger charge is 2.41. The van der Waals surface area contributed by atoms with Crippen molar-refractivity contribution in [1.82, 2.24) is 4.90 Å². The van der Waals surface area contributed by atoms with Gasteiger partial charge in [0.1, 0.15) is 6.04 Å². The first-order valence-corrected chi connectivity index (χ1v) is 7.00. The van der Waals surface area contributed by atoms with E-state index in [4.69, 9.17) is 5.73 Å². The molecule has 0 spiro atoms. The van der Waals surface area contributed by atoms with Crippen molar-refractivity contribution in [2.24, 2.45) is 5.73 Å². The number of nitrogens with zero attached hydrogens (tertiary/aromatic N) is 1. The van der Waals surface area contributed by atoms with Gasteiger partial charge in [0.15, 0.2) is 0 Å². The number of primary amides is 1. The fourth-order valence-electron chi connectivity index (χ4n) is 2.93. The minimum Gasteiger partial charge on any atom is -0.368 e. The number of hydrogen-bond acceptors (Lipinski definition) is 2. The van der Waals surface area contributed by atoms with Crippen molar-refractivity contribution in [2.75, 3.05) is 6.54 Å². The molecule has 1 fully saturated rings. The highest BCUT2D eigenvalue weighted by molar-refractivity contribution is 5.88. The normalized spacial score (nSPS) is 20.3. The molecule has 1 aliphatic rings. The third-order valence-corrected chi connectivity index (χ3v) is 3.96. The first-order chi connectivity index (χ1) is 10.3. The predicted molar refractivity (Wildman–Crippen MR) is 73.8 cm³/mol. The zero-order chi connectivity index (χ0) is 16.5. The first kappa shape index (κ1) is 16.3. The fraction of sp³-hybridized carbons (Fsp3) is 0.467. The second kappa shape index (κ2) is 5.98. The lowest BCUT2D eigenvalue weighted by molar-refractivity contribution is -0.138. The Morgan fingerprint density at radius 2 is 2.05 bits per heavy atom. The van der Waals surface area contributed by atoms with Crippen LogP contribution >= 0.6 is 0 Å². The summed E-state index contributed by atoms with van der Waals surface area (Å²) in [6.07, 6.45) is -4.17. The summed E-state index contributed by atoms with van der Waals surface area (Å²) in [7, 11) is 0. The SMILES string of the molecule is CCC(C(N)=O)N1CC(c2ccccc2C(F)(F)F)CC1=O. The molecule has 1 aromatic rings. The molecule has 2 N–H and O–H groups in total. The Kier molecular flexibility index (Phi) is 4.44. The zero-order valence-electron chi connectivity index (χ0n) is 12.1. The summed E-state index contributed by atoms with van der Waals surface area (Å²) in [5, 5.41) is 0. The van der Waals surface area contributed by atoms with Gasteiger partial charge in [-0.05, 0) is 18.1 Å². The van der Waals surface area contributed by atoms with E-state index < -0.39 is 29.6 Å². The highest BCUT2D eigenvalue weighted by Crippen LogP contribution is 2.39. The number of rotatable bonds is 4. The van der Waals surface area contributed by atoms with E-state index >= 15 is 0 Å². The molecule has 1 heterocycles. The van der Waals surface area contributed by atoms with E-state index in [0.717, 1.165) is 6.07 Å². The summed E-state index contributed by atoms with van der Waals surface area (Å²) in [5.74, 6) is -1.56. The molecular weight excluding hydrogens is 297 g/mol. The summed E-state index contributed by atoms with van der Waals surface area (Å²) >= 11 is 0. The van der Waals surface area contributed by atoms with Gasteiger partial charge in [0.2, 0.25) is 11.8 Å². The number of carbonyl (C=O) groups is 2. The average Bonchev–Trinajstić information content (AvgIpc) is 2.80. The summed E-state index contributed by atoms with van der Waals surface area (Å²) < 4.78 is 39.2. The molecule has 0 radical (unpaired) electrons. The van der Waals surface area contributed by atoms with E-state index in [2.05, 4.69) is 0 Å². The summed E-state index contributed by atoms with van der Waals surface area (Å²) in [4.78, 5) is 24.7. The van der Waals surface area contributed by atoms with Crippen molar-refractivity contribution >= 4 is 11.8 Å². The van der Waals surface area contributed by atoms with Crippen LogP contribution < -0.4 is 5.73 Å². The van der Waals surface area contributed by atoms with Crippen molar-refractivity contribution in [1.29, 1.82) is 0 Å². The number of hydrogen-bond donors (Lipinski definition) is 1. The Bertz CT molecular complexity index is 586. The molecule has 0 saturated carbocycles. The van der Waals surface area contributed by atoms with E-state index in [-0.39, 0.29) is 24.4 Å². The maximum atomic E-state index is 13.1. The molecule has 2 rings (SSSR count). The fourth-order valence-corrected chi connectivity index (χ4v) is 2.93. The minimum absolute atomic E-state index is 0.0448. The number of amides is 2. The zero-order valence-corrected chi connectivity index (χ0v) is 12.1. The van der Waals surface area contributed by atoms with Crippen molar-refractivity contribution < 1.29 is 22.8 Å². The van der Waals surface area contributed by atoms with Gasteiger partial charge >= 0.3 is 6.18 Å². The topological polar surface area (TPSA) is 63.4 Å². The van der Waals surface area contributed by atoms with Crippen molar-refractivity contribution in [3.63, 3.8) is 0 Å². The van der Waals surface area contributed by atoms with Crippen LogP contribution in [0.3, 0.4) is 0 Å². The molecule has 4 nitrogen and oxygen atoms in total. The average molecular weight is 314 g/mol. The number of halogens is 3. The molecule has 120 valence electrons. The van der Waals surface area contributed by atoms with Gasteiger partial charge in [0.05, 0.1) is 5.56 Å². The van der Waals surface area contributed by atoms with Gasteiger partial charge in [0, 0.05) is 18.9 Å². The largest absolute Gasteiger partial charge is 0.416 e. The number of likely N-dealkylation sites (tertiary alicyclic amines) is 1. The predicted octanol–water partition coefficient (Wildman–Crippen LogP) is 2.29. The highest BCUT2D eigenvalue weighted by atomic mass is 19.4. The molecule has 0 bridgehead atoms. The molecule has 1 aliphatic heterocycles. The summed E-state index contributed by atoms with van der Waals surface area (Å²) in [6.45, 7) is 1.78. The molecule has 1 aromatic carbocycles. The summed E-state index contributed by atoms with van der Waals surface area (Å²) in [5.41, 5.74) is 4.61. The van der Waals surface area contributed by atoms with Crippen LogP contribution in [0.5, 0.6) is 0 Å². The van der Waals surface area contributed by atoms with Gasteiger partial charge in [-0.2, -0.15) is 13.2 Å². The molecule has 2 amide bonds. The van der Waals surface area contributed by atoms with Crippen LogP contribution in [0.4, 0.5) is 13.2 Å². The van der Waals surface area contributed by atoms with Gasteiger partial charge in [-0.3, -0.25) is 9.59 Å². The smallest absolute Gasteiger partial charge is 0.368 e. The van der Waals surface area contributed by atoms with Crippen LogP contribution in [0.25, 0.3) is 0 Å². The Balaban J connectivity index is 2.30. The van der Waals surface area contributed by atoms with Gasteiger partial charge < -0.3 is 10.6 Å². The van der Waals surface area contributed by atoms with Crippen LogP contribution in [-0.2, 0) is 15.8 Å². The van der Waals surface area contributed by atoms with Gasteiger partial charge in [-0.1, -0.05) is 25.1 Å². The van der Waals surface area contributed by atoms with E-state index in [1.54, 1.807) is 6.92 Å². The molecule has 2 unspecified atom stereocenters. The number of alkyl halides is 3. The lowest BCUT2D eigenvalue weighted by atomic mass is 9.93. The number of benzene rings is 1. The van der Waals surface area contributed by atoms with Crippen LogP contribution in [-0.4, -0.2) is 29.3 Å².